The van der Waals surface area contributed by atoms with Gasteiger partial charge in [0.1, 0.15) is 17.1 Å². The van der Waals surface area contributed by atoms with Crippen LogP contribution in [0.3, 0.4) is 0 Å². The maximum Gasteiger partial charge on any atom is 0.341 e. The molecule has 0 amide bonds. The van der Waals surface area contributed by atoms with Crippen LogP contribution < -0.4 is 0 Å². The number of carboxylic acid groups (broad SMARTS) is 1. The Labute approximate surface area is 104 Å². The first-order chi connectivity index (χ1) is 8.34. The lowest BCUT2D eigenvalue weighted by molar-refractivity contribution is -0.132. The van der Waals surface area contributed by atoms with E-state index in [4.69, 9.17) is 10.5 Å². The van der Waals surface area contributed by atoms with Gasteiger partial charge in [0.15, 0.2) is 0 Å². The van der Waals surface area contributed by atoms with Gasteiger partial charge in [-0.15, -0.1) is 0 Å². The molecule has 1 aromatic rings. The molecule has 0 spiro atoms. The number of carboxylic acids is 1. The molecule has 0 aliphatic carbocycles. The van der Waals surface area contributed by atoms with Gasteiger partial charge in [-0.3, -0.25) is 0 Å². The molecule has 0 aromatic heterocycles. The second kappa shape index (κ2) is 5.44. The van der Waals surface area contributed by atoms with Crippen molar-refractivity contribution in [2.75, 3.05) is 0 Å². The minimum Gasteiger partial charge on any atom is -0.506 e. The van der Waals surface area contributed by atoms with E-state index in [0.29, 0.717) is 0 Å². The molecule has 3 N–H and O–H groups in total. The van der Waals surface area contributed by atoms with Crippen LogP contribution in [0.25, 0.3) is 5.76 Å². The lowest BCUT2D eigenvalue weighted by Gasteiger charge is -2.11. The van der Waals surface area contributed by atoms with E-state index in [0.717, 1.165) is 12.1 Å². The van der Waals surface area contributed by atoms with E-state index < -0.39 is 23.1 Å². The molecule has 0 aliphatic rings. The number of hydrogen-bond acceptors (Lipinski definition) is 3. The van der Waals surface area contributed by atoms with Crippen LogP contribution in [0.1, 0.15) is 19.4 Å². The van der Waals surface area contributed by atoms with Crippen molar-refractivity contribution in [3.05, 3.63) is 41.2 Å². The molecule has 0 heterocycles. The highest BCUT2D eigenvalue weighted by Gasteiger charge is 2.22. The SMILES string of the molecule is CC(C)C(=N)C(C(=O)O)=C(O)c1ccc(F)cc1. The zero-order chi connectivity index (χ0) is 13.9. The second-order valence-electron chi connectivity index (χ2n) is 4.10. The average molecular weight is 251 g/mol. The predicted octanol–water partition coefficient (Wildman–Crippen LogP) is 2.86. The molecule has 0 bridgehead atoms. The van der Waals surface area contributed by atoms with E-state index in [1.165, 1.54) is 12.1 Å². The van der Waals surface area contributed by atoms with Crippen molar-refractivity contribution in [3.8, 4) is 0 Å². The smallest absolute Gasteiger partial charge is 0.341 e. The van der Waals surface area contributed by atoms with E-state index in [1.807, 2.05) is 0 Å². The molecule has 18 heavy (non-hydrogen) atoms. The number of rotatable bonds is 4. The topological polar surface area (TPSA) is 81.4 Å². The number of aliphatic carboxylic acids is 1. The highest BCUT2D eigenvalue weighted by molar-refractivity contribution is 6.22. The lowest BCUT2D eigenvalue weighted by Crippen LogP contribution is -2.18. The van der Waals surface area contributed by atoms with Gasteiger partial charge in [0.25, 0.3) is 0 Å². The number of benzene rings is 1. The molecule has 0 fully saturated rings. The van der Waals surface area contributed by atoms with Crippen molar-refractivity contribution in [3.63, 3.8) is 0 Å². The Morgan fingerprint density at radius 1 is 1.22 bits per heavy atom. The van der Waals surface area contributed by atoms with E-state index >= 15 is 0 Å². The Morgan fingerprint density at radius 2 is 1.72 bits per heavy atom. The molecule has 0 atom stereocenters. The summed E-state index contributed by atoms with van der Waals surface area (Å²) in [6, 6.07) is 4.76. The zero-order valence-electron chi connectivity index (χ0n) is 10.1. The van der Waals surface area contributed by atoms with Gasteiger partial charge in [-0.05, 0) is 30.2 Å². The first-order valence-corrected chi connectivity index (χ1v) is 5.36. The molecule has 1 rings (SSSR count). The quantitative estimate of drug-likeness (QED) is 0.437. The summed E-state index contributed by atoms with van der Waals surface area (Å²) in [7, 11) is 0. The molecule has 0 aliphatic heterocycles. The first-order valence-electron chi connectivity index (χ1n) is 5.36. The normalized spacial score (nSPS) is 12.2. The van der Waals surface area contributed by atoms with Crippen LogP contribution in [-0.2, 0) is 4.79 Å². The van der Waals surface area contributed by atoms with Gasteiger partial charge >= 0.3 is 5.97 Å². The Morgan fingerprint density at radius 3 is 2.11 bits per heavy atom. The fourth-order valence-electron chi connectivity index (χ4n) is 1.38. The van der Waals surface area contributed by atoms with Crippen LogP contribution in [0.5, 0.6) is 0 Å². The van der Waals surface area contributed by atoms with Gasteiger partial charge in [0.05, 0.1) is 5.71 Å². The highest BCUT2D eigenvalue weighted by Crippen LogP contribution is 2.20. The number of aliphatic hydroxyl groups excluding tert-OH is 1. The Kier molecular flexibility index (Phi) is 4.20. The number of nitrogens with one attached hydrogen (secondary N) is 1. The average Bonchev–Trinajstić information content (AvgIpc) is 2.29. The highest BCUT2D eigenvalue weighted by atomic mass is 19.1. The van der Waals surface area contributed by atoms with E-state index in [-0.39, 0.29) is 17.2 Å². The molecule has 0 radical (unpaired) electrons. The van der Waals surface area contributed by atoms with Crippen molar-refractivity contribution >= 4 is 17.4 Å². The Hall–Kier alpha value is -2.17. The molecule has 4 nitrogen and oxygen atoms in total. The van der Waals surface area contributed by atoms with E-state index in [2.05, 4.69) is 0 Å². The standard InChI is InChI=1S/C13H14FNO3/c1-7(2)11(15)10(13(17)18)12(16)8-3-5-9(14)6-4-8/h3-7,15-16H,1-2H3,(H,17,18). The van der Waals surface area contributed by atoms with E-state index in [9.17, 15) is 14.3 Å². The molecular formula is C13H14FNO3. The molecule has 1 aromatic carbocycles. The number of hydrogen-bond donors (Lipinski definition) is 3. The Balaban J connectivity index is 3.32. The monoisotopic (exact) mass is 251 g/mol. The first kappa shape index (κ1) is 13.9. The number of carbonyl (C=O) groups is 1. The number of aliphatic hydroxyl groups is 1. The van der Waals surface area contributed by atoms with Crippen molar-refractivity contribution in [2.45, 2.75) is 13.8 Å². The molecule has 5 heteroatoms. The summed E-state index contributed by atoms with van der Waals surface area (Å²) in [5.74, 6) is -2.72. The summed E-state index contributed by atoms with van der Waals surface area (Å²) in [5, 5.41) is 26.6. The van der Waals surface area contributed by atoms with Crippen LogP contribution in [0.15, 0.2) is 29.8 Å². The molecule has 96 valence electrons. The maximum absolute atomic E-state index is 12.7. The van der Waals surface area contributed by atoms with Gasteiger partial charge < -0.3 is 15.6 Å². The molecule has 0 saturated heterocycles. The maximum atomic E-state index is 12.7. The molecule has 0 unspecified atom stereocenters. The summed E-state index contributed by atoms with van der Waals surface area (Å²) >= 11 is 0. The Bertz CT molecular complexity index is 503. The minimum absolute atomic E-state index is 0.166. The largest absolute Gasteiger partial charge is 0.506 e. The fraction of sp³-hybridized carbons (Fsp3) is 0.231. The summed E-state index contributed by atoms with van der Waals surface area (Å²) in [6.45, 7) is 3.31. The summed E-state index contributed by atoms with van der Waals surface area (Å²) in [6.07, 6.45) is 0. The fourth-order valence-corrected chi connectivity index (χ4v) is 1.38. The lowest BCUT2D eigenvalue weighted by atomic mass is 9.97. The van der Waals surface area contributed by atoms with Crippen molar-refractivity contribution in [1.29, 1.82) is 5.41 Å². The van der Waals surface area contributed by atoms with Crippen LogP contribution in [-0.4, -0.2) is 21.9 Å². The minimum atomic E-state index is -1.38. The summed E-state index contributed by atoms with van der Waals surface area (Å²) in [4.78, 5) is 11.1. The van der Waals surface area contributed by atoms with Gasteiger partial charge in [-0.2, -0.15) is 0 Å². The number of halogens is 1. The van der Waals surface area contributed by atoms with Crippen molar-refractivity contribution in [1.82, 2.24) is 0 Å². The van der Waals surface area contributed by atoms with Crippen LogP contribution in [0.4, 0.5) is 4.39 Å². The van der Waals surface area contributed by atoms with E-state index in [1.54, 1.807) is 13.8 Å². The van der Waals surface area contributed by atoms with Crippen LogP contribution in [0, 0.1) is 17.1 Å². The second-order valence-corrected chi connectivity index (χ2v) is 4.10. The van der Waals surface area contributed by atoms with Gasteiger partial charge in [-0.25, -0.2) is 9.18 Å². The van der Waals surface area contributed by atoms with Crippen LogP contribution in [0.2, 0.25) is 0 Å². The van der Waals surface area contributed by atoms with Crippen molar-refractivity contribution in [2.24, 2.45) is 5.92 Å². The van der Waals surface area contributed by atoms with Crippen molar-refractivity contribution < 1.29 is 19.4 Å². The summed E-state index contributed by atoms with van der Waals surface area (Å²) < 4.78 is 12.7. The molecule has 0 saturated carbocycles. The molecular weight excluding hydrogens is 237 g/mol. The predicted molar refractivity (Wildman–Crippen MR) is 66.1 cm³/mol. The van der Waals surface area contributed by atoms with Crippen LogP contribution >= 0.6 is 0 Å². The third-order valence-corrected chi connectivity index (χ3v) is 2.42. The third-order valence-electron chi connectivity index (χ3n) is 2.42. The van der Waals surface area contributed by atoms with Gasteiger partial charge in [0.2, 0.25) is 0 Å². The zero-order valence-corrected chi connectivity index (χ0v) is 10.1. The van der Waals surface area contributed by atoms with Gasteiger partial charge in [-0.1, -0.05) is 13.8 Å². The van der Waals surface area contributed by atoms with Gasteiger partial charge in [0, 0.05) is 5.56 Å². The summed E-state index contributed by atoms with van der Waals surface area (Å²) in [5.41, 5.74) is -0.472. The third kappa shape index (κ3) is 2.94.